The maximum atomic E-state index is 6.13. The quantitative estimate of drug-likeness (QED) is 0.443. The second kappa shape index (κ2) is 10.4. The van der Waals surface area contributed by atoms with Crippen LogP contribution in [0.3, 0.4) is 0 Å². The molecule has 160 valence electrons. The molecule has 31 heavy (non-hydrogen) atoms. The fourth-order valence-corrected chi connectivity index (χ4v) is 4.48. The van der Waals surface area contributed by atoms with Crippen molar-refractivity contribution < 1.29 is 0 Å². The van der Waals surface area contributed by atoms with E-state index in [1.165, 1.54) is 22.3 Å². The third-order valence-corrected chi connectivity index (χ3v) is 5.71. The molecule has 1 heterocycles. The summed E-state index contributed by atoms with van der Waals surface area (Å²) in [5, 5.41) is 0. The van der Waals surface area contributed by atoms with Crippen LogP contribution in [0.2, 0.25) is 0 Å². The smallest absolute Gasteiger partial charge is 0.0785 e. The lowest BCUT2D eigenvalue weighted by Gasteiger charge is -2.26. The molecular formula is C30H35N. The highest BCUT2D eigenvalue weighted by molar-refractivity contribution is 5.53. The Kier molecular flexibility index (Phi) is 7.59. The van der Waals surface area contributed by atoms with Crippen molar-refractivity contribution >= 4 is 0 Å². The van der Waals surface area contributed by atoms with Gasteiger partial charge in [0.2, 0.25) is 0 Å². The monoisotopic (exact) mass is 409 g/mol. The molecule has 0 aromatic heterocycles. The number of hydrogen-bond acceptors (Lipinski definition) is 1. The zero-order chi connectivity index (χ0) is 22.4. The van der Waals surface area contributed by atoms with E-state index < -0.39 is 0 Å². The molecule has 1 saturated heterocycles. The number of benzene rings is 2. The summed E-state index contributed by atoms with van der Waals surface area (Å²) in [6.45, 7) is 11.0. The van der Waals surface area contributed by atoms with Crippen LogP contribution in [-0.4, -0.2) is 4.90 Å². The van der Waals surface area contributed by atoms with Crippen molar-refractivity contribution in [3.05, 3.63) is 107 Å². The van der Waals surface area contributed by atoms with Crippen LogP contribution in [0.25, 0.3) is 0 Å². The van der Waals surface area contributed by atoms with Crippen LogP contribution in [0.1, 0.15) is 63.3 Å². The number of terminal acetylenes is 1. The maximum absolute atomic E-state index is 6.13. The molecule has 3 rings (SSSR count). The molecule has 0 spiro atoms. The molecule has 1 nitrogen and oxygen atoms in total. The summed E-state index contributed by atoms with van der Waals surface area (Å²) in [7, 11) is 0. The molecule has 1 aliphatic heterocycles. The van der Waals surface area contributed by atoms with E-state index in [0.717, 1.165) is 12.1 Å². The largest absolute Gasteiger partial charge is 0.293 e. The van der Waals surface area contributed by atoms with Gasteiger partial charge >= 0.3 is 0 Å². The Hall–Kier alpha value is -2.98. The Morgan fingerprint density at radius 1 is 0.968 bits per heavy atom. The highest BCUT2D eigenvalue weighted by atomic mass is 15.2. The molecule has 1 aliphatic rings. The van der Waals surface area contributed by atoms with Gasteiger partial charge in [0.15, 0.2) is 0 Å². The maximum Gasteiger partial charge on any atom is 0.0785 e. The fourth-order valence-electron chi connectivity index (χ4n) is 4.48. The minimum atomic E-state index is 0.0728. The van der Waals surface area contributed by atoms with E-state index in [1.54, 1.807) is 0 Å². The van der Waals surface area contributed by atoms with Gasteiger partial charge in [-0.1, -0.05) is 113 Å². The van der Waals surface area contributed by atoms with Crippen LogP contribution in [-0.2, 0) is 6.42 Å². The van der Waals surface area contributed by atoms with Gasteiger partial charge in [0.05, 0.1) is 6.04 Å². The average molecular weight is 410 g/mol. The summed E-state index contributed by atoms with van der Waals surface area (Å²) in [6, 6.07) is 22.9. The first-order valence-electron chi connectivity index (χ1n) is 11.4. The molecule has 0 N–H and O–H groups in total. The first kappa shape index (κ1) is 22.7. The predicted molar refractivity (Wildman–Crippen MR) is 133 cm³/mol. The van der Waals surface area contributed by atoms with Crippen molar-refractivity contribution in [2.24, 2.45) is 11.8 Å². The van der Waals surface area contributed by atoms with Crippen LogP contribution >= 0.6 is 0 Å². The minimum Gasteiger partial charge on any atom is -0.293 e. The average Bonchev–Trinajstić information content (AvgIpc) is 3.05. The van der Waals surface area contributed by atoms with Crippen molar-refractivity contribution in [3.63, 3.8) is 0 Å². The van der Waals surface area contributed by atoms with Gasteiger partial charge in [0.1, 0.15) is 0 Å². The zero-order valence-electron chi connectivity index (χ0n) is 19.5. The first-order chi connectivity index (χ1) is 15.0. The Balaban J connectivity index is 2.19. The summed E-state index contributed by atoms with van der Waals surface area (Å²) in [4.78, 5) is 2.14. The van der Waals surface area contributed by atoms with E-state index in [0.29, 0.717) is 11.8 Å². The number of hydrogen-bond donors (Lipinski definition) is 0. The molecule has 2 unspecified atom stereocenters. The van der Waals surface area contributed by atoms with Crippen molar-refractivity contribution in [2.75, 3.05) is 0 Å². The van der Waals surface area contributed by atoms with Crippen molar-refractivity contribution in [1.82, 2.24) is 4.90 Å². The van der Waals surface area contributed by atoms with E-state index in [9.17, 15) is 0 Å². The Morgan fingerprint density at radius 3 is 2.19 bits per heavy atom. The number of likely N-dealkylation sites (tertiary alicyclic amines) is 1. The van der Waals surface area contributed by atoms with E-state index in [2.05, 4.69) is 124 Å². The SMILES string of the molecule is C#CN1C(=C\C(C)C)/C(=C\C=C/C)C(c2ccc(CC(C)C)cc2)C1c1ccccc1. The predicted octanol–water partition coefficient (Wildman–Crippen LogP) is 7.66. The van der Waals surface area contributed by atoms with E-state index >= 15 is 0 Å². The van der Waals surface area contributed by atoms with Crippen molar-refractivity contribution in [2.45, 2.75) is 53.0 Å². The molecule has 0 aliphatic carbocycles. The molecule has 0 amide bonds. The standard InChI is InChI=1S/C30H35N/c1-7-9-15-27-28(21-23(5)6)31(8-2)30(26-13-11-10-12-14-26)29(27)25-18-16-24(17-19-25)20-22(3)4/h2,7,9-19,21-23,29-30H,20H2,1,3-6H3/b9-7-,27-15+,28-21-. The third kappa shape index (κ3) is 5.20. The lowest BCUT2D eigenvalue weighted by Crippen LogP contribution is -2.19. The Labute approximate surface area is 189 Å². The van der Waals surface area contributed by atoms with Crippen LogP contribution in [0.15, 0.2) is 90.2 Å². The van der Waals surface area contributed by atoms with Crippen LogP contribution in [0, 0.1) is 24.3 Å². The highest BCUT2D eigenvalue weighted by Crippen LogP contribution is 2.52. The molecule has 0 saturated carbocycles. The van der Waals surface area contributed by atoms with Gasteiger partial charge in [-0.05, 0) is 47.4 Å². The summed E-state index contributed by atoms with van der Waals surface area (Å²) >= 11 is 0. The third-order valence-electron chi connectivity index (χ3n) is 5.71. The molecule has 1 fully saturated rings. The number of allylic oxidation sites excluding steroid dienone is 5. The molecule has 2 aromatic carbocycles. The van der Waals surface area contributed by atoms with E-state index in [4.69, 9.17) is 6.42 Å². The van der Waals surface area contributed by atoms with Crippen molar-refractivity contribution in [1.29, 1.82) is 0 Å². The number of rotatable bonds is 6. The minimum absolute atomic E-state index is 0.0728. The lowest BCUT2D eigenvalue weighted by molar-refractivity contribution is 0.396. The van der Waals surface area contributed by atoms with Gasteiger partial charge in [-0.3, -0.25) is 4.90 Å². The molecule has 2 atom stereocenters. The van der Waals surface area contributed by atoms with Gasteiger partial charge in [-0.25, -0.2) is 0 Å². The van der Waals surface area contributed by atoms with Gasteiger partial charge in [-0.15, -0.1) is 0 Å². The topological polar surface area (TPSA) is 3.24 Å². The molecule has 1 heteroatoms. The number of nitrogens with zero attached hydrogens (tertiary/aromatic N) is 1. The van der Waals surface area contributed by atoms with Gasteiger partial charge in [-0.2, -0.15) is 0 Å². The normalized spacial score (nSPS) is 21.7. The van der Waals surface area contributed by atoms with Gasteiger partial charge < -0.3 is 0 Å². The second-order valence-electron chi connectivity index (χ2n) is 9.12. The van der Waals surface area contributed by atoms with Gasteiger partial charge in [0, 0.05) is 17.7 Å². The Bertz CT molecular complexity index is 981. The second-order valence-corrected chi connectivity index (χ2v) is 9.12. The molecule has 0 radical (unpaired) electrons. The van der Waals surface area contributed by atoms with E-state index in [-0.39, 0.29) is 12.0 Å². The van der Waals surface area contributed by atoms with Crippen LogP contribution in [0.5, 0.6) is 0 Å². The summed E-state index contributed by atoms with van der Waals surface area (Å²) in [5.41, 5.74) is 6.38. The van der Waals surface area contributed by atoms with Gasteiger partial charge in [0.25, 0.3) is 0 Å². The fraction of sp³-hybridized carbons (Fsp3) is 0.333. The summed E-state index contributed by atoms with van der Waals surface area (Å²) in [6.07, 6.45) is 16.0. The van der Waals surface area contributed by atoms with Crippen LogP contribution in [0.4, 0.5) is 0 Å². The van der Waals surface area contributed by atoms with E-state index in [1.807, 2.05) is 0 Å². The van der Waals surface area contributed by atoms with Crippen LogP contribution < -0.4 is 0 Å². The van der Waals surface area contributed by atoms with Crippen molar-refractivity contribution in [3.8, 4) is 12.5 Å². The summed E-state index contributed by atoms with van der Waals surface area (Å²) in [5.74, 6) is 1.23. The molecule has 0 bridgehead atoms. The molecule has 2 aromatic rings. The highest BCUT2D eigenvalue weighted by Gasteiger charge is 2.42. The summed E-state index contributed by atoms with van der Waals surface area (Å²) < 4.78 is 0. The lowest BCUT2D eigenvalue weighted by atomic mass is 9.83. The first-order valence-corrected chi connectivity index (χ1v) is 11.4. The Morgan fingerprint density at radius 2 is 1.65 bits per heavy atom. The zero-order valence-corrected chi connectivity index (χ0v) is 19.5. The molecular weight excluding hydrogens is 374 g/mol.